The quantitative estimate of drug-likeness (QED) is 0.838. The summed E-state index contributed by atoms with van der Waals surface area (Å²) in [4.78, 5) is 2.31. The van der Waals surface area contributed by atoms with Gasteiger partial charge in [-0.2, -0.15) is 0 Å². The lowest BCUT2D eigenvalue weighted by atomic mass is 10.2. The van der Waals surface area contributed by atoms with Gasteiger partial charge in [-0.3, -0.25) is 0 Å². The van der Waals surface area contributed by atoms with Gasteiger partial charge in [-0.05, 0) is 18.2 Å². The third-order valence-corrected chi connectivity index (χ3v) is 3.54. The molecule has 0 amide bonds. The van der Waals surface area contributed by atoms with Crippen molar-refractivity contribution >= 4 is 40.5 Å². The Morgan fingerprint density at radius 3 is 2.33 bits per heavy atom. The van der Waals surface area contributed by atoms with Crippen molar-refractivity contribution in [2.75, 3.05) is 31.1 Å². The van der Waals surface area contributed by atoms with E-state index >= 15 is 0 Å². The van der Waals surface area contributed by atoms with Crippen LogP contribution in [0.15, 0.2) is 29.2 Å². The van der Waals surface area contributed by atoms with Crippen LogP contribution in [0.25, 0.3) is 0 Å². The Morgan fingerprint density at radius 1 is 1.17 bits per heavy atom. The zero-order valence-corrected chi connectivity index (χ0v) is 12.2. The second-order valence-corrected chi connectivity index (χ2v) is 5.34. The van der Waals surface area contributed by atoms with E-state index in [9.17, 15) is 8.42 Å². The molecule has 1 aromatic carbocycles. The van der Waals surface area contributed by atoms with Crippen molar-refractivity contribution in [3.63, 3.8) is 0 Å². The topological polar surface area (TPSA) is 75.4 Å². The standard InChI is InChI=1S/C10H15N3O2S.2ClH/c11-16(14,15)10-3-1-2-9(8-10)13-6-4-12-5-7-13;;/h1-3,8,12H,4-7H2,(H2,11,14,15);2*1H. The van der Waals surface area contributed by atoms with Crippen molar-refractivity contribution in [2.24, 2.45) is 5.14 Å². The first-order valence-corrected chi connectivity index (χ1v) is 6.70. The molecule has 0 saturated carbocycles. The van der Waals surface area contributed by atoms with Gasteiger partial charge in [0.15, 0.2) is 0 Å². The van der Waals surface area contributed by atoms with Gasteiger partial charge < -0.3 is 10.2 Å². The Balaban J connectivity index is 0.00000144. The number of hydrogen-bond donors (Lipinski definition) is 2. The van der Waals surface area contributed by atoms with Crippen molar-refractivity contribution in [1.29, 1.82) is 0 Å². The first-order valence-electron chi connectivity index (χ1n) is 5.16. The summed E-state index contributed by atoms with van der Waals surface area (Å²) in [5.74, 6) is 0. The molecule has 0 aliphatic carbocycles. The highest BCUT2D eigenvalue weighted by Crippen LogP contribution is 2.18. The number of rotatable bonds is 2. The maximum Gasteiger partial charge on any atom is 0.238 e. The molecule has 1 aliphatic heterocycles. The summed E-state index contributed by atoms with van der Waals surface area (Å²) < 4.78 is 22.4. The van der Waals surface area contributed by atoms with E-state index in [-0.39, 0.29) is 29.7 Å². The molecule has 0 aromatic heterocycles. The summed E-state index contributed by atoms with van der Waals surface area (Å²) in [5.41, 5.74) is 0.910. The molecular weight excluding hydrogens is 297 g/mol. The molecule has 1 aromatic rings. The van der Waals surface area contributed by atoms with E-state index in [2.05, 4.69) is 10.2 Å². The predicted octanol–water partition coefficient (Wildman–Crippen LogP) is 0.587. The summed E-state index contributed by atoms with van der Waals surface area (Å²) in [7, 11) is -3.61. The largest absolute Gasteiger partial charge is 0.369 e. The zero-order chi connectivity index (χ0) is 11.6. The Morgan fingerprint density at radius 2 is 1.78 bits per heavy atom. The molecule has 5 nitrogen and oxygen atoms in total. The molecule has 18 heavy (non-hydrogen) atoms. The van der Waals surface area contributed by atoms with E-state index in [4.69, 9.17) is 5.14 Å². The maximum absolute atomic E-state index is 11.2. The van der Waals surface area contributed by atoms with Gasteiger partial charge in [0.1, 0.15) is 0 Å². The van der Waals surface area contributed by atoms with E-state index in [0.717, 1.165) is 31.9 Å². The van der Waals surface area contributed by atoms with Gasteiger partial charge in [0.25, 0.3) is 0 Å². The first kappa shape index (κ1) is 17.5. The second-order valence-electron chi connectivity index (χ2n) is 3.78. The number of primary sulfonamides is 1. The monoisotopic (exact) mass is 313 g/mol. The predicted molar refractivity (Wildman–Crippen MR) is 77.4 cm³/mol. The molecule has 1 fully saturated rings. The van der Waals surface area contributed by atoms with Gasteiger partial charge in [0.2, 0.25) is 10.0 Å². The molecule has 1 saturated heterocycles. The van der Waals surface area contributed by atoms with Crippen LogP contribution in [0.2, 0.25) is 0 Å². The molecule has 0 unspecified atom stereocenters. The van der Waals surface area contributed by atoms with Crippen molar-refractivity contribution in [3.8, 4) is 0 Å². The minimum absolute atomic E-state index is 0. The minimum atomic E-state index is -3.61. The minimum Gasteiger partial charge on any atom is -0.369 e. The molecule has 2 rings (SSSR count). The van der Waals surface area contributed by atoms with Gasteiger partial charge in [0, 0.05) is 31.9 Å². The fourth-order valence-corrected chi connectivity index (χ4v) is 2.33. The van der Waals surface area contributed by atoms with Crippen LogP contribution < -0.4 is 15.4 Å². The van der Waals surface area contributed by atoms with Crippen LogP contribution in [0, 0.1) is 0 Å². The van der Waals surface area contributed by atoms with Crippen LogP contribution >= 0.6 is 24.8 Å². The van der Waals surface area contributed by atoms with Crippen LogP contribution in [-0.2, 0) is 10.0 Å². The summed E-state index contributed by atoms with van der Waals surface area (Å²) >= 11 is 0. The first-order chi connectivity index (χ1) is 7.57. The lowest BCUT2D eigenvalue weighted by molar-refractivity contribution is 0.587. The number of nitrogens with two attached hydrogens (primary N) is 1. The van der Waals surface area contributed by atoms with E-state index in [1.807, 2.05) is 6.07 Å². The second kappa shape index (κ2) is 7.16. The molecule has 1 heterocycles. The summed E-state index contributed by atoms with van der Waals surface area (Å²) in [6.07, 6.45) is 0. The Hall–Kier alpha value is -0.530. The lowest BCUT2D eigenvalue weighted by Gasteiger charge is -2.29. The lowest BCUT2D eigenvalue weighted by Crippen LogP contribution is -2.43. The number of piperazine rings is 1. The number of nitrogens with one attached hydrogen (secondary N) is 1. The summed E-state index contributed by atoms with van der Waals surface area (Å²) in [6.45, 7) is 3.60. The highest BCUT2D eigenvalue weighted by Gasteiger charge is 2.13. The number of benzene rings is 1. The van der Waals surface area contributed by atoms with Crippen LogP contribution in [0.3, 0.4) is 0 Å². The molecule has 8 heteroatoms. The van der Waals surface area contributed by atoms with E-state index < -0.39 is 10.0 Å². The summed E-state index contributed by atoms with van der Waals surface area (Å²) in [5, 5.41) is 8.34. The van der Waals surface area contributed by atoms with Crippen molar-refractivity contribution in [1.82, 2.24) is 5.32 Å². The van der Waals surface area contributed by atoms with Crippen molar-refractivity contribution in [2.45, 2.75) is 4.90 Å². The van der Waals surface area contributed by atoms with Gasteiger partial charge in [-0.15, -0.1) is 24.8 Å². The van der Waals surface area contributed by atoms with Gasteiger partial charge in [0.05, 0.1) is 4.90 Å². The molecule has 0 spiro atoms. The van der Waals surface area contributed by atoms with Crippen LogP contribution in [0.5, 0.6) is 0 Å². The molecule has 0 atom stereocenters. The zero-order valence-electron chi connectivity index (χ0n) is 9.70. The fourth-order valence-electron chi connectivity index (χ4n) is 1.78. The highest BCUT2D eigenvalue weighted by molar-refractivity contribution is 7.89. The molecule has 0 radical (unpaired) electrons. The average Bonchev–Trinajstić information content (AvgIpc) is 2.29. The number of hydrogen-bond acceptors (Lipinski definition) is 4. The Labute approximate surface area is 120 Å². The smallest absolute Gasteiger partial charge is 0.238 e. The van der Waals surface area contributed by atoms with Crippen LogP contribution in [-0.4, -0.2) is 34.6 Å². The van der Waals surface area contributed by atoms with Crippen molar-refractivity contribution in [3.05, 3.63) is 24.3 Å². The Kier molecular flexibility index (Phi) is 6.94. The van der Waals surface area contributed by atoms with Crippen molar-refractivity contribution < 1.29 is 8.42 Å². The third kappa shape index (κ3) is 4.29. The van der Waals surface area contributed by atoms with Crippen LogP contribution in [0.4, 0.5) is 5.69 Å². The SMILES string of the molecule is Cl.Cl.NS(=O)(=O)c1cccc(N2CCNCC2)c1. The number of anilines is 1. The average molecular weight is 314 g/mol. The maximum atomic E-state index is 11.2. The number of sulfonamides is 1. The molecule has 3 N–H and O–H groups in total. The van der Waals surface area contributed by atoms with Crippen LogP contribution in [0.1, 0.15) is 0 Å². The van der Waals surface area contributed by atoms with E-state index in [1.54, 1.807) is 12.1 Å². The van der Waals surface area contributed by atoms with E-state index in [1.165, 1.54) is 6.07 Å². The number of nitrogens with zero attached hydrogens (tertiary/aromatic N) is 1. The van der Waals surface area contributed by atoms with Gasteiger partial charge in [-0.1, -0.05) is 6.07 Å². The molecule has 104 valence electrons. The van der Waals surface area contributed by atoms with Gasteiger partial charge >= 0.3 is 0 Å². The number of halogens is 2. The highest BCUT2D eigenvalue weighted by atomic mass is 35.5. The normalized spacial score (nSPS) is 15.5. The van der Waals surface area contributed by atoms with E-state index in [0.29, 0.717) is 0 Å². The molecule has 1 aliphatic rings. The summed E-state index contributed by atoms with van der Waals surface area (Å²) in [6, 6.07) is 6.76. The Bertz CT molecular complexity index is 476. The fraction of sp³-hybridized carbons (Fsp3) is 0.400. The molecular formula is C10H17Cl2N3O2S. The molecule has 0 bridgehead atoms. The van der Waals surface area contributed by atoms with Gasteiger partial charge in [-0.25, -0.2) is 13.6 Å². The third-order valence-electron chi connectivity index (χ3n) is 2.63.